The molecule has 0 fully saturated rings. The SMILES string of the molecule is COC[C@H](O)CNC(=O)Cc1c(C)c2cc3c(-c4ccccc4)coc3cc2oc1=O. The maximum Gasteiger partial charge on any atom is 0.340 e. The van der Waals surface area contributed by atoms with E-state index in [1.165, 1.54) is 7.11 Å². The first-order valence-electron chi connectivity index (χ1n) is 9.94. The van der Waals surface area contributed by atoms with E-state index in [1.54, 1.807) is 19.3 Å². The Hall–Kier alpha value is -3.42. The van der Waals surface area contributed by atoms with E-state index in [9.17, 15) is 14.7 Å². The van der Waals surface area contributed by atoms with Gasteiger partial charge in [0.1, 0.15) is 11.2 Å². The fourth-order valence-electron chi connectivity index (χ4n) is 3.66. The lowest BCUT2D eigenvalue weighted by Crippen LogP contribution is -2.36. The lowest BCUT2D eigenvalue weighted by Gasteiger charge is -2.12. The van der Waals surface area contributed by atoms with Crippen molar-refractivity contribution in [3.8, 4) is 11.1 Å². The van der Waals surface area contributed by atoms with E-state index in [-0.39, 0.29) is 31.0 Å². The number of ether oxygens (including phenoxy) is 1. The molecule has 0 saturated heterocycles. The molecule has 2 aromatic carbocycles. The first-order valence-corrected chi connectivity index (χ1v) is 9.94. The van der Waals surface area contributed by atoms with Crippen LogP contribution in [0.5, 0.6) is 0 Å². The Kier molecular flexibility index (Phi) is 5.88. The number of furan rings is 1. The Morgan fingerprint density at radius 2 is 1.94 bits per heavy atom. The lowest BCUT2D eigenvalue weighted by molar-refractivity contribution is -0.121. The zero-order valence-corrected chi connectivity index (χ0v) is 17.3. The predicted molar refractivity (Wildman–Crippen MR) is 117 cm³/mol. The van der Waals surface area contributed by atoms with Crippen LogP contribution in [0, 0.1) is 6.92 Å². The summed E-state index contributed by atoms with van der Waals surface area (Å²) < 4.78 is 16.0. The van der Waals surface area contributed by atoms with Gasteiger partial charge in [-0.1, -0.05) is 30.3 Å². The van der Waals surface area contributed by atoms with Gasteiger partial charge in [-0.3, -0.25) is 4.79 Å². The third-order valence-corrected chi connectivity index (χ3v) is 5.30. The molecule has 2 N–H and O–H groups in total. The number of hydrogen-bond acceptors (Lipinski definition) is 6. The molecular weight excluding hydrogens is 398 g/mol. The molecule has 7 nitrogen and oxygen atoms in total. The molecular formula is C24H23NO6. The molecule has 0 aliphatic heterocycles. The fraction of sp³-hybridized carbons (Fsp3) is 0.250. The van der Waals surface area contributed by atoms with Gasteiger partial charge in [0.25, 0.3) is 0 Å². The number of amides is 1. The second-order valence-electron chi connectivity index (χ2n) is 7.44. The first kappa shape index (κ1) is 20.8. The monoisotopic (exact) mass is 421 g/mol. The van der Waals surface area contributed by atoms with Crippen LogP contribution in [0.4, 0.5) is 0 Å². The minimum absolute atomic E-state index is 0.0424. The summed E-state index contributed by atoms with van der Waals surface area (Å²) in [6.45, 7) is 1.96. The molecule has 0 spiro atoms. The number of aliphatic hydroxyl groups excluding tert-OH is 1. The van der Waals surface area contributed by atoms with Gasteiger partial charge in [0.15, 0.2) is 0 Å². The molecule has 31 heavy (non-hydrogen) atoms. The molecule has 4 rings (SSSR count). The number of benzene rings is 2. The summed E-state index contributed by atoms with van der Waals surface area (Å²) in [6, 6.07) is 13.5. The highest BCUT2D eigenvalue weighted by atomic mass is 16.5. The van der Waals surface area contributed by atoms with Crippen molar-refractivity contribution in [2.75, 3.05) is 20.3 Å². The predicted octanol–water partition coefficient (Wildman–Crippen LogP) is 3.18. The number of aryl methyl sites for hydroxylation is 1. The van der Waals surface area contributed by atoms with Crippen molar-refractivity contribution in [3.05, 3.63) is 70.3 Å². The maximum absolute atomic E-state index is 12.5. The summed E-state index contributed by atoms with van der Waals surface area (Å²) in [5.41, 5.74) is 3.39. The average molecular weight is 421 g/mol. The minimum Gasteiger partial charge on any atom is -0.464 e. The number of fused-ring (bicyclic) bond motifs is 2. The zero-order valence-electron chi connectivity index (χ0n) is 17.3. The molecule has 0 unspecified atom stereocenters. The summed E-state index contributed by atoms with van der Waals surface area (Å²) in [5.74, 6) is -0.376. The second-order valence-corrected chi connectivity index (χ2v) is 7.44. The largest absolute Gasteiger partial charge is 0.464 e. The van der Waals surface area contributed by atoms with Crippen LogP contribution in [-0.2, 0) is 16.0 Å². The molecule has 1 amide bonds. The highest BCUT2D eigenvalue weighted by Crippen LogP contribution is 2.34. The Morgan fingerprint density at radius 1 is 1.16 bits per heavy atom. The Labute approximate surface area is 178 Å². The number of carbonyl (C=O) groups excluding carboxylic acids is 1. The van der Waals surface area contributed by atoms with E-state index in [1.807, 2.05) is 36.4 Å². The van der Waals surface area contributed by atoms with Gasteiger partial charge < -0.3 is 24.0 Å². The number of hydrogen-bond donors (Lipinski definition) is 2. The van der Waals surface area contributed by atoms with E-state index in [4.69, 9.17) is 13.6 Å². The van der Waals surface area contributed by atoms with Gasteiger partial charge in [0, 0.05) is 36.1 Å². The number of nitrogens with one attached hydrogen (secondary N) is 1. The number of aliphatic hydroxyl groups is 1. The molecule has 2 heterocycles. The summed E-state index contributed by atoms with van der Waals surface area (Å²) >= 11 is 0. The molecule has 0 radical (unpaired) electrons. The molecule has 0 saturated carbocycles. The highest BCUT2D eigenvalue weighted by molar-refractivity contribution is 6.02. The topological polar surface area (TPSA) is 102 Å². The van der Waals surface area contributed by atoms with Crippen molar-refractivity contribution in [2.24, 2.45) is 0 Å². The molecule has 0 aliphatic carbocycles. The standard InChI is InChI=1S/C24H23NO6/c1-14-17-8-19-20(15-6-4-3-5-7-15)13-30-21(19)10-22(17)31-24(28)18(14)9-23(27)25-11-16(26)12-29-2/h3-8,10,13,16,26H,9,11-12H2,1-2H3,(H,25,27)/t16-/m1/s1. The van der Waals surface area contributed by atoms with Crippen LogP contribution in [0.1, 0.15) is 11.1 Å². The van der Waals surface area contributed by atoms with Crippen LogP contribution >= 0.6 is 0 Å². The summed E-state index contributed by atoms with van der Waals surface area (Å²) in [6.07, 6.45) is 0.735. The van der Waals surface area contributed by atoms with Crippen LogP contribution < -0.4 is 10.9 Å². The van der Waals surface area contributed by atoms with E-state index >= 15 is 0 Å². The smallest absolute Gasteiger partial charge is 0.340 e. The molecule has 7 heteroatoms. The Morgan fingerprint density at radius 3 is 2.68 bits per heavy atom. The van der Waals surface area contributed by atoms with E-state index in [0.29, 0.717) is 16.7 Å². The molecule has 2 aromatic heterocycles. The minimum atomic E-state index is -0.811. The molecule has 1 atom stereocenters. The normalized spacial score (nSPS) is 12.4. The van der Waals surface area contributed by atoms with E-state index < -0.39 is 11.7 Å². The molecule has 160 valence electrons. The van der Waals surface area contributed by atoms with Gasteiger partial charge in [0.05, 0.1) is 31.0 Å². The summed E-state index contributed by atoms with van der Waals surface area (Å²) in [5, 5.41) is 13.9. The number of methoxy groups -OCH3 is 1. The number of carbonyl (C=O) groups is 1. The average Bonchev–Trinajstić information content (AvgIpc) is 3.18. The van der Waals surface area contributed by atoms with Crippen molar-refractivity contribution in [1.82, 2.24) is 5.32 Å². The van der Waals surface area contributed by atoms with Crippen LogP contribution in [-0.4, -0.2) is 37.4 Å². The van der Waals surface area contributed by atoms with Gasteiger partial charge >= 0.3 is 5.63 Å². The molecule has 0 aliphatic rings. The number of rotatable bonds is 7. The maximum atomic E-state index is 12.5. The lowest BCUT2D eigenvalue weighted by atomic mass is 9.99. The van der Waals surface area contributed by atoms with E-state index in [2.05, 4.69) is 5.32 Å². The van der Waals surface area contributed by atoms with Crippen LogP contribution in [0.15, 0.2) is 62.4 Å². The fourth-order valence-corrected chi connectivity index (χ4v) is 3.66. The van der Waals surface area contributed by atoms with Crippen LogP contribution in [0.2, 0.25) is 0 Å². The first-order chi connectivity index (χ1) is 15.0. The van der Waals surface area contributed by atoms with Crippen LogP contribution in [0.3, 0.4) is 0 Å². The molecule has 0 bridgehead atoms. The van der Waals surface area contributed by atoms with Gasteiger partial charge in [-0.2, -0.15) is 0 Å². The third-order valence-electron chi connectivity index (χ3n) is 5.30. The quantitative estimate of drug-likeness (QED) is 0.445. The van der Waals surface area contributed by atoms with Crippen LogP contribution in [0.25, 0.3) is 33.1 Å². The molecule has 4 aromatic rings. The Balaban J connectivity index is 1.70. The van der Waals surface area contributed by atoms with E-state index in [0.717, 1.165) is 21.9 Å². The van der Waals surface area contributed by atoms with Crippen molar-refractivity contribution in [2.45, 2.75) is 19.4 Å². The van der Waals surface area contributed by atoms with Gasteiger partial charge in [-0.05, 0) is 24.1 Å². The van der Waals surface area contributed by atoms with Gasteiger partial charge in [-0.25, -0.2) is 4.79 Å². The second kappa shape index (κ2) is 8.75. The third kappa shape index (κ3) is 4.23. The van der Waals surface area contributed by atoms with Crippen molar-refractivity contribution in [1.29, 1.82) is 0 Å². The van der Waals surface area contributed by atoms with Gasteiger partial charge in [0.2, 0.25) is 5.91 Å². The Bertz CT molecular complexity index is 1290. The summed E-state index contributed by atoms with van der Waals surface area (Å²) in [4.78, 5) is 24.9. The summed E-state index contributed by atoms with van der Waals surface area (Å²) in [7, 11) is 1.47. The van der Waals surface area contributed by atoms with Crippen molar-refractivity contribution < 1.29 is 23.5 Å². The van der Waals surface area contributed by atoms with Gasteiger partial charge in [-0.15, -0.1) is 0 Å². The van der Waals surface area contributed by atoms with Crippen molar-refractivity contribution >= 4 is 27.8 Å². The zero-order chi connectivity index (χ0) is 22.0. The highest BCUT2D eigenvalue weighted by Gasteiger charge is 2.18. The van der Waals surface area contributed by atoms with Crippen molar-refractivity contribution in [3.63, 3.8) is 0 Å².